The lowest BCUT2D eigenvalue weighted by Gasteiger charge is -2.36. The number of rotatable bonds is 18. The molecule has 0 bridgehead atoms. The van der Waals surface area contributed by atoms with Gasteiger partial charge >= 0.3 is 0 Å². The minimum Gasteiger partial charge on any atom is -0.386 e. The molecule has 42 heavy (non-hydrogen) atoms. The molecule has 5 nitrogen and oxygen atoms in total. The molecule has 0 unspecified atom stereocenters. The Hall–Kier alpha value is -3.84. The van der Waals surface area contributed by atoms with Crippen LogP contribution < -0.4 is 0 Å². The Morgan fingerprint density at radius 1 is 0.571 bits per heavy atom. The van der Waals surface area contributed by atoms with Crippen molar-refractivity contribution in [1.29, 1.82) is 0 Å². The zero-order valence-corrected chi connectivity index (χ0v) is 24.0. The number of aliphatic hydroxyl groups is 1. The molecule has 0 saturated carbocycles. The largest absolute Gasteiger partial charge is 0.386 e. The van der Waals surface area contributed by atoms with Crippen LogP contribution in [0.15, 0.2) is 146 Å². The Morgan fingerprint density at radius 3 is 1.38 bits per heavy atom. The van der Waals surface area contributed by atoms with Crippen LogP contribution in [0.25, 0.3) is 0 Å². The molecule has 4 aromatic rings. The van der Waals surface area contributed by atoms with Gasteiger partial charge < -0.3 is 24.1 Å². The lowest BCUT2D eigenvalue weighted by molar-refractivity contribution is -0.165. The highest BCUT2D eigenvalue weighted by molar-refractivity contribution is 5.18. The van der Waals surface area contributed by atoms with Gasteiger partial charge in [0.2, 0.25) is 0 Å². The molecule has 0 aliphatic carbocycles. The molecule has 4 aromatic carbocycles. The Labute approximate surface area is 249 Å². The van der Waals surface area contributed by atoms with Crippen LogP contribution in [0.3, 0.4) is 0 Å². The van der Waals surface area contributed by atoms with E-state index in [-0.39, 0.29) is 13.2 Å². The van der Waals surface area contributed by atoms with E-state index in [0.717, 1.165) is 22.3 Å². The van der Waals surface area contributed by atoms with Crippen LogP contribution in [0.2, 0.25) is 0 Å². The molecule has 0 heterocycles. The van der Waals surface area contributed by atoms with E-state index < -0.39 is 24.4 Å². The zero-order chi connectivity index (χ0) is 29.4. The van der Waals surface area contributed by atoms with E-state index in [4.69, 9.17) is 18.9 Å². The maximum absolute atomic E-state index is 11.2. The van der Waals surface area contributed by atoms with Crippen molar-refractivity contribution in [1.82, 2.24) is 0 Å². The second-order valence-corrected chi connectivity index (χ2v) is 10.1. The number of hydrogen-bond acceptors (Lipinski definition) is 5. The molecule has 218 valence electrons. The lowest BCUT2D eigenvalue weighted by Crippen LogP contribution is -2.49. The summed E-state index contributed by atoms with van der Waals surface area (Å²) in [6.07, 6.45) is -1.72. The van der Waals surface area contributed by atoms with Gasteiger partial charge in [-0.15, -0.1) is 6.58 Å². The van der Waals surface area contributed by atoms with E-state index in [1.54, 1.807) is 0 Å². The molecule has 0 radical (unpaired) electrons. The molecule has 4 rings (SSSR count). The first kappa shape index (κ1) is 31.1. The van der Waals surface area contributed by atoms with Gasteiger partial charge in [-0.3, -0.25) is 0 Å². The molecule has 0 aliphatic heterocycles. The lowest BCUT2D eigenvalue weighted by atomic mass is 9.97. The first-order chi connectivity index (χ1) is 20.6. The molecular weight excluding hydrogens is 524 g/mol. The first-order valence-electron chi connectivity index (χ1n) is 14.2. The third-order valence-corrected chi connectivity index (χ3v) is 6.84. The van der Waals surface area contributed by atoms with Crippen LogP contribution in [-0.2, 0) is 45.4 Å². The summed E-state index contributed by atoms with van der Waals surface area (Å²) in [5.41, 5.74) is 4.73. The molecule has 0 fully saturated rings. The molecule has 0 aliphatic rings. The van der Waals surface area contributed by atoms with Crippen molar-refractivity contribution in [2.75, 3.05) is 6.61 Å². The molecule has 0 amide bonds. The highest BCUT2D eigenvalue weighted by Crippen LogP contribution is 2.25. The minimum atomic E-state index is -1.02. The van der Waals surface area contributed by atoms with Gasteiger partial charge in [0.15, 0.2) is 0 Å². The standard InChI is InChI=1S/C37H40O5/c1-3-34(38)36(41-27-32-20-12-6-13-21-32)37(42-28-33-22-14-7-15-23-33)35(40-26-31-18-10-5-11-19-31)29(2)24-39-25-30-16-8-4-9-17-30/h3-23,34-38H,1-2,24-28H2/t34-,35+,36+,37-/m0/s1. The van der Waals surface area contributed by atoms with Crippen molar-refractivity contribution in [3.8, 4) is 0 Å². The second kappa shape index (κ2) is 17.2. The third kappa shape index (κ3) is 9.91. The fraction of sp³-hybridized carbons (Fsp3) is 0.243. The summed E-state index contributed by atoms with van der Waals surface area (Å²) in [6, 6.07) is 39.7. The minimum absolute atomic E-state index is 0.245. The smallest absolute Gasteiger partial charge is 0.117 e. The molecule has 1 N–H and O–H groups in total. The SMILES string of the molecule is C=C[C@H](O)[C@@H](OCc1ccccc1)[C@@H](OCc1ccccc1)[C@H](OCc1ccccc1)C(=C)COCc1ccccc1. The van der Waals surface area contributed by atoms with E-state index in [1.165, 1.54) is 6.08 Å². The van der Waals surface area contributed by atoms with Gasteiger partial charge in [0.05, 0.1) is 33.0 Å². The Bertz CT molecular complexity index is 1310. The number of aliphatic hydroxyl groups excluding tert-OH is 1. The van der Waals surface area contributed by atoms with Gasteiger partial charge in [0, 0.05) is 0 Å². The van der Waals surface area contributed by atoms with Gasteiger partial charge in [-0.1, -0.05) is 134 Å². The van der Waals surface area contributed by atoms with Crippen LogP contribution in [0.4, 0.5) is 0 Å². The van der Waals surface area contributed by atoms with Crippen molar-refractivity contribution < 1.29 is 24.1 Å². The predicted molar refractivity (Wildman–Crippen MR) is 166 cm³/mol. The Balaban J connectivity index is 1.60. The van der Waals surface area contributed by atoms with Gasteiger partial charge in [-0.25, -0.2) is 0 Å². The van der Waals surface area contributed by atoms with Crippen LogP contribution in [0.5, 0.6) is 0 Å². The maximum Gasteiger partial charge on any atom is 0.117 e. The summed E-state index contributed by atoms with van der Waals surface area (Å²) < 4.78 is 25.5. The van der Waals surface area contributed by atoms with Crippen molar-refractivity contribution >= 4 is 0 Å². The summed E-state index contributed by atoms with van der Waals surface area (Å²) in [5, 5.41) is 11.2. The second-order valence-electron chi connectivity index (χ2n) is 10.1. The topological polar surface area (TPSA) is 57.2 Å². The third-order valence-electron chi connectivity index (χ3n) is 6.84. The summed E-state index contributed by atoms with van der Waals surface area (Å²) in [4.78, 5) is 0. The average Bonchev–Trinajstić information content (AvgIpc) is 3.05. The van der Waals surface area contributed by atoms with E-state index >= 15 is 0 Å². The summed E-state index contributed by atoms with van der Waals surface area (Å²) in [5.74, 6) is 0. The summed E-state index contributed by atoms with van der Waals surface area (Å²) >= 11 is 0. The number of ether oxygens (including phenoxy) is 4. The van der Waals surface area contributed by atoms with Gasteiger partial charge in [-0.2, -0.15) is 0 Å². The fourth-order valence-corrected chi connectivity index (χ4v) is 4.57. The Morgan fingerprint density at radius 2 is 0.952 bits per heavy atom. The molecule has 4 atom stereocenters. The number of benzene rings is 4. The summed E-state index contributed by atoms with van der Waals surface area (Å²) in [7, 11) is 0. The van der Waals surface area contributed by atoms with E-state index in [0.29, 0.717) is 25.4 Å². The van der Waals surface area contributed by atoms with Crippen molar-refractivity contribution in [3.05, 3.63) is 168 Å². The highest BCUT2D eigenvalue weighted by atomic mass is 16.6. The fourth-order valence-electron chi connectivity index (χ4n) is 4.57. The molecule has 0 spiro atoms. The van der Waals surface area contributed by atoms with Crippen molar-refractivity contribution in [2.24, 2.45) is 0 Å². The van der Waals surface area contributed by atoms with Gasteiger partial charge in [-0.05, 0) is 27.8 Å². The van der Waals surface area contributed by atoms with Crippen LogP contribution >= 0.6 is 0 Å². The van der Waals surface area contributed by atoms with Crippen molar-refractivity contribution in [3.63, 3.8) is 0 Å². The van der Waals surface area contributed by atoms with Gasteiger partial charge in [0.1, 0.15) is 24.4 Å². The average molecular weight is 565 g/mol. The summed E-state index contributed by atoms with van der Waals surface area (Å²) in [6.45, 7) is 9.79. The normalized spacial score (nSPS) is 14.0. The molecular formula is C37H40O5. The van der Waals surface area contributed by atoms with Crippen LogP contribution in [-0.4, -0.2) is 36.1 Å². The van der Waals surface area contributed by atoms with E-state index in [2.05, 4.69) is 13.2 Å². The van der Waals surface area contributed by atoms with E-state index in [1.807, 2.05) is 121 Å². The molecule has 0 saturated heterocycles. The maximum atomic E-state index is 11.2. The molecule has 0 aromatic heterocycles. The van der Waals surface area contributed by atoms with Crippen LogP contribution in [0.1, 0.15) is 22.3 Å². The quantitative estimate of drug-likeness (QED) is 0.131. The monoisotopic (exact) mass is 564 g/mol. The van der Waals surface area contributed by atoms with Gasteiger partial charge in [0.25, 0.3) is 0 Å². The predicted octanol–water partition coefficient (Wildman–Crippen LogP) is 7.06. The van der Waals surface area contributed by atoms with Crippen molar-refractivity contribution in [2.45, 2.75) is 50.8 Å². The number of hydrogen-bond donors (Lipinski definition) is 1. The zero-order valence-electron chi connectivity index (χ0n) is 24.0. The van der Waals surface area contributed by atoms with E-state index in [9.17, 15) is 5.11 Å². The van der Waals surface area contributed by atoms with Crippen LogP contribution in [0, 0.1) is 0 Å². The molecule has 5 heteroatoms. The Kier molecular flexibility index (Phi) is 12.7. The first-order valence-corrected chi connectivity index (χ1v) is 14.2. The highest BCUT2D eigenvalue weighted by Gasteiger charge is 2.37.